The fourth-order valence-electron chi connectivity index (χ4n) is 3.14. The third kappa shape index (κ3) is 4.76. The van der Waals surface area contributed by atoms with Crippen LogP contribution >= 0.6 is 11.8 Å². The Bertz CT molecular complexity index is 979. The van der Waals surface area contributed by atoms with Crippen molar-refractivity contribution in [3.63, 3.8) is 0 Å². The molecule has 0 amide bonds. The molecule has 0 spiro atoms. The van der Waals surface area contributed by atoms with Crippen LogP contribution in [0, 0.1) is 0 Å². The molecule has 0 aliphatic carbocycles. The molecular weight excluding hydrogens is 386 g/mol. The molecule has 0 saturated carbocycles. The van der Waals surface area contributed by atoms with Gasteiger partial charge in [0.15, 0.2) is 5.82 Å². The Hall–Kier alpha value is -2.03. The first kappa shape index (κ1) is 20.3. The molecule has 7 nitrogen and oxygen atoms in total. The molecule has 29 heavy (non-hydrogen) atoms. The van der Waals surface area contributed by atoms with Crippen molar-refractivity contribution >= 4 is 22.7 Å². The molecule has 2 aromatic heterocycles. The summed E-state index contributed by atoms with van der Waals surface area (Å²) in [4.78, 5) is 16.6. The number of aromatic nitrogens is 4. The lowest BCUT2D eigenvalue weighted by Gasteiger charge is -2.26. The normalized spacial score (nSPS) is 17.0. The number of hydrogen-bond donors (Lipinski definition) is 0. The van der Waals surface area contributed by atoms with E-state index >= 15 is 0 Å². The summed E-state index contributed by atoms with van der Waals surface area (Å²) in [6.45, 7) is 12.4. The van der Waals surface area contributed by atoms with Crippen LogP contribution in [0.3, 0.4) is 0 Å². The van der Waals surface area contributed by atoms with E-state index in [0.29, 0.717) is 5.89 Å². The van der Waals surface area contributed by atoms with Crippen LogP contribution < -0.4 is 0 Å². The van der Waals surface area contributed by atoms with Gasteiger partial charge in [0.05, 0.1) is 30.5 Å². The SMILES string of the molecule is CC(Sc1nc(CN2CCOCC2)nc2ccccc12)c1nc(C(C)(C)C)no1. The number of rotatable bonds is 5. The standard InChI is InChI=1S/C21H27N5O2S/c1-14(18-24-20(25-28-18)21(2,3)4)29-19-15-7-5-6-8-16(15)22-17(23-19)13-26-9-11-27-12-10-26/h5-8,14H,9-13H2,1-4H3. The summed E-state index contributed by atoms with van der Waals surface area (Å²) >= 11 is 1.64. The fourth-order valence-corrected chi connectivity index (χ4v) is 4.13. The summed E-state index contributed by atoms with van der Waals surface area (Å²) in [6, 6.07) is 8.14. The number of morpholine rings is 1. The predicted octanol–water partition coefficient (Wildman–Crippen LogP) is 4.00. The summed E-state index contributed by atoms with van der Waals surface area (Å²) in [5.41, 5.74) is 0.820. The van der Waals surface area contributed by atoms with Gasteiger partial charge in [0.2, 0.25) is 5.89 Å². The molecule has 0 bridgehead atoms. The molecular formula is C21H27N5O2S. The first-order valence-electron chi connectivity index (χ1n) is 9.96. The van der Waals surface area contributed by atoms with Crippen molar-refractivity contribution in [3.8, 4) is 0 Å². The Morgan fingerprint density at radius 1 is 1.10 bits per heavy atom. The van der Waals surface area contributed by atoms with Crippen molar-refractivity contribution < 1.29 is 9.26 Å². The van der Waals surface area contributed by atoms with Crippen molar-refractivity contribution in [3.05, 3.63) is 41.8 Å². The first-order valence-corrected chi connectivity index (χ1v) is 10.8. The van der Waals surface area contributed by atoms with E-state index in [1.165, 1.54) is 0 Å². The zero-order chi connectivity index (χ0) is 20.4. The molecule has 1 aromatic carbocycles. The van der Waals surface area contributed by atoms with Gasteiger partial charge in [0.1, 0.15) is 10.9 Å². The average molecular weight is 414 g/mol. The maximum Gasteiger partial charge on any atom is 0.239 e. The van der Waals surface area contributed by atoms with Crippen molar-refractivity contribution in [1.82, 2.24) is 25.0 Å². The topological polar surface area (TPSA) is 77.2 Å². The van der Waals surface area contributed by atoms with E-state index in [-0.39, 0.29) is 10.7 Å². The van der Waals surface area contributed by atoms with Crippen molar-refractivity contribution in [1.29, 1.82) is 0 Å². The summed E-state index contributed by atoms with van der Waals surface area (Å²) in [7, 11) is 0. The summed E-state index contributed by atoms with van der Waals surface area (Å²) in [5.74, 6) is 2.18. The van der Waals surface area contributed by atoms with Crippen LogP contribution in [0.5, 0.6) is 0 Å². The Morgan fingerprint density at radius 2 is 1.86 bits per heavy atom. The van der Waals surface area contributed by atoms with Crippen molar-refractivity contribution in [2.24, 2.45) is 0 Å². The molecule has 0 radical (unpaired) electrons. The highest BCUT2D eigenvalue weighted by Crippen LogP contribution is 2.37. The molecule has 154 valence electrons. The molecule has 1 saturated heterocycles. The van der Waals surface area contributed by atoms with E-state index in [4.69, 9.17) is 19.2 Å². The van der Waals surface area contributed by atoms with E-state index < -0.39 is 0 Å². The van der Waals surface area contributed by atoms with E-state index in [0.717, 1.165) is 60.4 Å². The molecule has 1 aliphatic rings. The second-order valence-corrected chi connectivity index (χ2v) is 9.65. The lowest BCUT2D eigenvalue weighted by Crippen LogP contribution is -2.36. The number of nitrogens with zero attached hydrogens (tertiary/aromatic N) is 5. The number of hydrogen-bond acceptors (Lipinski definition) is 8. The zero-order valence-electron chi connectivity index (χ0n) is 17.4. The molecule has 0 N–H and O–H groups in total. The van der Waals surface area contributed by atoms with Crippen LogP contribution in [0.4, 0.5) is 0 Å². The van der Waals surface area contributed by atoms with Gasteiger partial charge >= 0.3 is 0 Å². The number of benzene rings is 1. The largest absolute Gasteiger partial charge is 0.379 e. The second kappa shape index (κ2) is 8.38. The highest BCUT2D eigenvalue weighted by molar-refractivity contribution is 7.99. The Balaban J connectivity index is 1.60. The van der Waals surface area contributed by atoms with Crippen molar-refractivity contribution in [2.45, 2.75) is 49.9 Å². The molecule has 8 heteroatoms. The van der Waals surface area contributed by atoms with Gasteiger partial charge in [-0.25, -0.2) is 9.97 Å². The van der Waals surface area contributed by atoms with Crippen LogP contribution in [0.15, 0.2) is 33.8 Å². The number of para-hydroxylation sites is 1. The van der Waals surface area contributed by atoms with E-state index in [1.54, 1.807) is 11.8 Å². The van der Waals surface area contributed by atoms with Gasteiger partial charge in [0.25, 0.3) is 0 Å². The van der Waals surface area contributed by atoms with Crippen molar-refractivity contribution in [2.75, 3.05) is 26.3 Å². The van der Waals surface area contributed by atoms with Crippen LogP contribution in [0.1, 0.15) is 50.5 Å². The third-order valence-corrected chi connectivity index (χ3v) is 5.92. The monoisotopic (exact) mass is 413 g/mol. The van der Waals surface area contributed by atoms with Crippen LogP contribution in [0.25, 0.3) is 10.9 Å². The maximum absolute atomic E-state index is 5.54. The van der Waals surface area contributed by atoms with E-state index in [1.807, 2.05) is 18.2 Å². The summed E-state index contributed by atoms with van der Waals surface area (Å²) < 4.78 is 11.0. The van der Waals surface area contributed by atoms with Gasteiger partial charge in [0, 0.05) is 23.9 Å². The van der Waals surface area contributed by atoms with E-state index in [2.05, 4.69) is 48.8 Å². The number of fused-ring (bicyclic) bond motifs is 1. The molecule has 3 aromatic rings. The minimum Gasteiger partial charge on any atom is -0.379 e. The van der Waals surface area contributed by atoms with Gasteiger partial charge in [-0.05, 0) is 13.0 Å². The smallest absolute Gasteiger partial charge is 0.239 e. The molecule has 4 rings (SSSR count). The maximum atomic E-state index is 5.54. The molecule has 1 aliphatic heterocycles. The van der Waals surface area contributed by atoms with Gasteiger partial charge in [-0.15, -0.1) is 0 Å². The van der Waals surface area contributed by atoms with E-state index in [9.17, 15) is 0 Å². The molecule has 3 heterocycles. The predicted molar refractivity (Wildman–Crippen MR) is 113 cm³/mol. The third-order valence-electron chi connectivity index (χ3n) is 4.83. The fraction of sp³-hybridized carbons (Fsp3) is 0.524. The molecule has 1 atom stereocenters. The molecule has 1 fully saturated rings. The summed E-state index contributed by atoms with van der Waals surface area (Å²) in [5, 5.41) is 6.14. The minimum atomic E-state index is -0.140. The van der Waals surface area contributed by atoms with Gasteiger partial charge in [-0.1, -0.05) is 55.9 Å². The van der Waals surface area contributed by atoms with Crippen LogP contribution in [-0.4, -0.2) is 51.3 Å². The first-order chi connectivity index (χ1) is 13.9. The van der Waals surface area contributed by atoms with Gasteiger partial charge in [-0.3, -0.25) is 4.90 Å². The van der Waals surface area contributed by atoms with Gasteiger partial charge < -0.3 is 9.26 Å². The lowest BCUT2D eigenvalue weighted by atomic mass is 9.96. The Morgan fingerprint density at radius 3 is 2.59 bits per heavy atom. The van der Waals surface area contributed by atoms with Gasteiger partial charge in [-0.2, -0.15) is 4.98 Å². The number of ether oxygens (including phenoxy) is 1. The Kier molecular flexibility index (Phi) is 5.85. The Labute approximate surface area is 175 Å². The number of thioether (sulfide) groups is 1. The van der Waals surface area contributed by atoms with Crippen LogP contribution in [-0.2, 0) is 16.7 Å². The second-order valence-electron chi connectivity index (χ2n) is 8.32. The minimum absolute atomic E-state index is 0.00635. The average Bonchev–Trinajstić information content (AvgIpc) is 3.20. The lowest BCUT2D eigenvalue weighted by molar-refractivity contribution is 0.0330. The highest BCUT2D eigenvalue weighted by Gasteiger charge is 2.24. The molecule has 1 unspecified atom stereocenters. The zero-order valence-corrected chi connectivity index (χ0v) is 18.2. The quantitative estimate of drug-likeness (QED) is 0.459. The highest BCUT2D eigenvalue weighted by atomic mass is 32.2. The summed E-state index contributed by atoms with van der Waals surface area (Å²) in [6.07, 6.45) is 0. The van der Waals surface area contributed by atoms with Crippen LogP contribution in [0.2, 0.25) is 0 Å².